The Hall–Kier alpha value is -2.64. The number of amides is 3. The molecule has 4 saturated carbocycles. The normalized spacial score (nSPS) is 30.1. The lowest BCUT2D eigenvalue weighted by molar-refractivity contribution is -0.125. The van der Waals surface area contributed by atoms with Crippen LogP contribution >= 0.6 is 0 Å². The lowest BCUT2D eigenvalue weighted by atomic mass is 9.51. The summed E-state index contributed by atoms with van der Waals surface area (Å²) in [5.41, 5.74) is 0.843. The smallest absolute Gasteiger partial charge is 0.255 e. The van der Waals surface area contributed by atoms with Gasteiger partial charge in [0, 0.05) is 31.6 Å². The van der Waals surface area contributed by atoms with Gasteiger partial charge >= 0.3 is 0 Å². The number of aromatic nitrogens is 2. The summed E-state index contributed by atoms with van der Waals surface area (Å²) in [5.74, 6) is 1.41. The van der Waals surface area contributed by atoms with E-state index in [0.29, 0.717) is 23.3 Å². The van der Waals surface area contributed by atoms with E-state index in [1.165, 1.54) is 6.92 Å². The Labute approximate surface area is 202 Å². The van der Waals surface area contributed by atoms with E-state index >= 15 is 0 Å². The number of nitrogens with zero attached hydrogens (tertiary/aromatic N) is 2. The van der Waals surface area contributed by atoms with Crippen molar-refractivity contribution in [1.29, 1.82) is 0 Å². The molecule has 0 aromatic carbocycles. The Bertz CT molecular complexity index is 992. The Kier molecular flexibility index (Phi) is 6.38. The van der Waals surface area contributed by atoms with E-state index in [9.17, 15) is 14.4 Å². The van der Waals surface area contributed by atoms with Crippen molar-refractivity contribution >= 4 is 23.9 Å². The summed E-state index contributed by atoms with van der Waals surface area (Å²) in [6, 6.07) is 0.142. The Morgan fingerprint density at radius 3 is 2.32 bits per heavy atom. The number of hydrogen-bond donors (Lipinski definition) is 3. The zero-order valence-electron chi connectivity index (χ0n) is 21.3. The molecule has 186 valence electrons. The molecular formula is C26H39N5O3. The van der Waals surface area contributed by atoms with E-state index in [2.05, 4.69) is 34.9 Å². The van der Waals surface area contributed by atoms with E-state index in [1.54, 1.807) is 17.8 Å². The van der Waals surface area contributed by atoms with Crippen LogP contribution in [0.3, 0.4) is 0 Å². The fourth-order valence-corrected chi connectivity index (χ4v) is 7.01. The maximum absolute atomic E-state index is 13.5. The van der Waals surface area contributed by atoms with Crippen LogP contribution in [0.25, 0.3) is 6.20 Å². The van der Waals surface area contributed by atoms with Gasteiger partial charge in [-0.05, 0) is 75.7 Å². The van der Waals surface area contributed by atoms with E-state index in [0.717, 1.165) is 37.8 Å². The third-order valence-corrected chi connectivity index (χ3v) is 7.77. The molecular weight excluding hydrogens is 430 g/mol. The molecule has 8 nitrogen and oxygen atoms in total. The molecule has 0 aliphatic heterocycles. The van der Waals surface area contributed by atoms with Gasteiger partial charge in [0.1, 0.15) is 0 Å². The standard InChI is InChI=1S/C26H39N5O3/c1-15(2)23-21(14-27-31(23)8-7-25(5,6)29-16(3)32)24(34)28-22-19-9-18-10-20(22)13-26(11-18,12-19)30-17(4)33/h7-8,14-15,18-20,22H,9-13H2,1-6H3,(H,28,34)(H,29,32)(H,30,33)/b8-7+/t18?,19?,20?,22-,26-. The minimum absolute atomic E-state index is 0.0475. The Morgan fingerprint density at radius 1 is 1.12 bits per heavy atom. The molecule has 0 spiro atoms. The molecule has 34 heavy (non-hydrogen) atoms. The fraction of sp³-hybridized carbons (Fsp3) is 0.692. The van der Waals surface area contributed by atoms with Crippen LogP contribution in [0.5, 0.6) is 0 Å². The molecule has 1 aromatic rings. The quantitative estimate of drug-likeness (QED) is 0.570. The summed E-state index contributed by atoms with van der Waals surface area (Å²) in [4.78, 5) is 36.8. The third-order valence-electron chi connectivity index (χ3n) is 7.77. The van der Waals surface area contributed by atoms with Crippen molar-refractivity contribution in [2.45, 2.75) is 96.7 Å². The van der Waals surface area contributed by atoms with E-state index in [-0.39, 0.29) is 35.2 Å². The second-order valence-electron chi connectivity index (χ2n) is 11.7. The van der Waals surface area contributed by atoms with Gasteiger partial charge in [0.15, 0.2) is 0 Å². The topological polar surface area (TPSA) is 105 Å². The predicted octanol–water partition coefficient (Wildman–Crippen LogP) is 3.21. The molecule has 3 N–H and O–H groups in total. The molecule has 4 aliphatic rings. The summed E-state index contributed by atoms with van der Waals surface area (Å²) in [7, 11) is 0. The molecule has 3 amide bonds. The number of carbonyl (C=O) groups is 3. The number of hydrogen-bond acceptors (Lipinski definition) is 4. The highest BCUT2D eigenvalue weighted by Crippen LogP contribution is 2.55. The maximum Gasteiger partial charge on any atom is 0.255 e. The first-order chi connectivity index (χ1) is 15.9. The highest BCUT2D eigenvalue weighted by Gasteiger charge is 2.56. The van der Waals surface area contributed by atoms with Crippen LogP contribution in [0.15, 0.2) is 12.3 Å². The SMILES string of the molecule is CC(=O)NC(C)(C)/C=C/n1ncc(C(=O)N[C@H]2C3CC4CC2C[C@](NC(C)=O)(C4)C3)c1C(C)C. The third kappa shape index (κ3) is 4.91. The Morgan fingerprint density at radius 2 is 1.76 bits per heavy atom. The van der Waals surface area contributed by atoms with Gasteiger partial charge in [-0.1, -0.05) is 13.8 Å². The van der Waals surface area contributed by atoms with Crippen molar-refractivity contribution in [3.63, 3.8) is 0 Å². The summed E-state index contributed by atoms with van der Waals surface area (Å²) < 4.78 is 1.74. The van der Waals surface area contributed by atoms with Gasteiger partial charge in [-0.15, -0.1) is 0 Å². The van der Waals surface area contributed by atoms with Crippen LogP contribution < -0.4 is 16.0 Å². The molecule has 5 rings (SSSR count). The zero-order chi connectivity index (χ0) is 24.8. The largest absolute Gasteiger partial charge is 0.351 e. The number of nitrogens with one attached hydrogen (secondary N) is 3. The van der Waals surface area contributed by atoms with Crippen LogP contribution in [0.4, 0.5) is 0 Å². The summed E-state index contributed by atoms with van der Waals surface area (Å²) in [6.45, 7) is 11.0. The molecule has 1 heterocycles. The molecule has 0 saturated heterocycles. The first-order valence-electron chi connectivity index (χ1n) is 12.5. The summed E-state index contributed by atoms with van der Waals surface area (Å²) >= 11 is 0. The maximum atomic E-state index is 13.5. The van der Waals surface area contributed by atoms with Gasteiger partial charge in [-0.25, -0.2) is 4.68 Å². The molecule has 4 bridgehead atoms. The van der Waals surface area contributed by atoms with E-state index in [1.807, 2.05) is 26.1 Å². The van der Waals surface area contributed by atoms with Gasteiger partial charge in [-0.2, -0.15) is 5.10 Å². The first kappa shape index (κ1) is 24.5. The number of carbonyl (C=O) groups excluding carboxylic acids is 3. The summed E-state index contributed by atoms with van der Waals surface area (Å²) in [6.07, 6.45) is 10.6. The predicted molar refractivity (Wildman–Crippen MR) is 131 cm³/mol. The molecule has 0 radical (unpaired) electrons. The highest BCUT2D eigenvalue weighted by atomic mass is 16.2. The van der Waals surface area contributed by atoms with E-state index < -0.39 is 5.54 Å². The summed E-state index contributed by atoms with van der Waals surface area (Å²) in [5, 5.41) is 14.0. The van der Waals surface area contributed by atoms with Gasteiger partial charge in [-0.3, -0.25) is 14.4 Å². The van der Waals surface area contributed by atoms with Crippen molar-refractivity contribution in [1.82, 2.24) is 25.7 Å². The average molecular weight is 470 g/mol. The van der Waals surface area contributed by atoms with Crippen molar-refractivity contribution < 1.29 is 14.4 Å². The van der Waals surface area contributed by atoms with Gasteiger partial charge < -0.3 is 16.0 Å². The minimum atomic E-state index is -0.529. The molecule has 1 aromatic heterocycles. The Balaban J connectivity index is 1.51. The van der Waals surface area contributed by atoms with Crippen LogP contribution in [-0.4, -0.2) is 44.6 Å². The molecule has 2 atom stereocenters. The molecule has 2 unspecified atom stereocenters. The minimum Gasteiger partial charge on any atom is -0.351 e. The van der Waals surface area contributed by atoms with Crippen LogP contribution in [0.2, 0.25) is 0 Å². The van der Waals surface area contributed by atoms with Crippen molar-refractivity contribution in [3.05, 3.63) is 23.5 Å². The first-order valence-corrected chi connectivity index (χ1v) is 12.5. The lowest BCUT2D eigenvalue weighted by Crippen LogP contribution is -2.66. The zero-order valence-corrected chi connectivity index (χ0v) is 21.3. The van der Waals surface area contributed by atoms with Gasteiger partial charge in [0.05, 0.1) is 23.0 Å². The number of rotatable bonds is 7. The highest BCUT2D eigenvalue weighted by molar-refractivity contribution is 5.95. The second kappa shape index (κ2) is 8.86. The van der Waals surface area contributed by atoms with Crippen molar-refractivity contribution in [2.24, 2.45) is 17.8 Å². The van der Waals surface area contributed by atoms with Crippen molar-refractivity contribution in [2.75, 3.05) is 0 Å². The van der Waals surface area contributed by atoms with E-state index in [4.69, 9.17) is 0 Å². The monoisotopic (exact) mass is 469 g/mol. The molecule has 4 aliphatic carbocycles. The molecule has 8 heteroatoms. The van der Waals surface area contributed by atoms with Crippen LogP contribution in [-0.2, 0) is 9.59 Å². The van der Waals surface area contributed by atoms with Crippen LogP contribution in [0, 0.1) is 17.8 Å². The van der Waals surface area contributed by atoms with Crippen molar-refractivity contribution in [3.8, 4) is 0 Å². The van der Waals surface area contributed by atoms with Gasteiger partial charge in [0.25, 0.3) is 5.91 Å². The second-order valence-corrected chi connectivity index (χ2v) is 11.7. The van der Waals surface area contributed by atoms with Gasteiger partial charge in [0.2, 0.25) is 11.8 Å². The van der Waals surface area contributed by atoms with Crippen LogP contribution in [0.1, 0.15) is 95.6 Å². The molecule has 4 fully saturated rings. The lowest BCUT2D eigenvalue weighted by Gasteiger charge is -2.60. The average Bonchev–Trinajstić information content (AvgIpc) is 3.11. The fourth-order valence-electron chi connectivity index (χ4n) is 7.01.